The summed E-state index contributed by atoms with van der Waals surface area (Å²) in [6, 6.07) is 0.608. The molecule has 1 aromatic rings. The van der Waals surface area contributed by atoms with E-state index >= 15 is 0 Å². The van der Waals surface area contributed by atoms with Crippen LogP contribution in [0.15, 0.2) is 12.5 Å². The number of hydrogen-bond acceptors (Lipinski definition) is 3. The number of likely N-dealkylation sites (tertiary alicyclic amines) is 1. The fraction of sp³-hybridized carbons (Fsp3) is 0.800. The highest BCUT2D eigenvalue weighted by Crippen LogP contribution is 2.18. The fourth-order valence-electron chi connectivity index (χ4n) is 2.74. The monoisotopic (exact) mass is 264 g/mol. The van der Waals surface area contributed by atoms with Crippen LogP contribution in [0, 0.1) is 5.92 Å². The zero-order valence-corrected chi connectivity index (χ0v) is 12.6. The highest BCUT2D eigenvalue weighted by molar-refractivity contribution is 4.98. The van der Waals surface area contributed by atoms with Crippen molar-refractivity contribution in [3.63, 3.8) is 0 Å². The molecule has 2 rings (SSSR count). The summed E-state index contributed by atoms with van der Waals surface area (Å²) >= 11 is 0. The van der Waals surface area contributed by atoms with Crippen LogP contribution >= 0.6 is 0 Å². The lowest BCUT2D eigenvalue weighted by molar-refractivity contribution is 0.171. The zero-order valence-electron chi connectivity index (χ0n) is 12.6. The molecule has 1 aliphatic heterocycles. The van der Waals surface area contributed by atoms with E-state index in [1.165, 1.54) is 38.2 Å². The van der Waals surface area contributed by atoms with Crippen LogP contribution in [0.25, 0.3) is 0 Å². The minimum absolute atomic E-state index is 0.608. The molecule has 0 bridgehead atoms. The average Bonchev–Trinajstić information content (AvgIpc) is 2.85. The van der Waals surface area contributed by atoms with Crippen LogP contribution in [0.4, 0.5) is 0 Å². The van der Waals surface area contributed by atoms with E-state index in [9.17, 15) is 0 Å². The van der Waals surface area contributed by atoms with Crippen molar-refractivity contribution in [2.45, 2.75) is 52.7 Å². The number of nitrogens with zero attached hydrogens (tertiary/aromatic N) is 3. The van der Waals surface area contributed by atoms with Gasteiger partial charge in [0.25, 0.3) is 0 Å². The standard InChI is InChI=1S/C15H28N4/c1-4-19-12-16-10-15(19)11-18-7-5-14(6-8-18)9-17-13(2)3/h10,12-14,17H,4-9,11H2,1-3H3. The third kappa shape index (κ3) is 4.32. The van der Waals surface area contributed by atoms with Crippen LogP contribution in [0.5, 0.6) is 0 Å². The van der Waals surface area contributed by atoms with Crippen LogP contribution in [0.2, 0.25) is 0 Å². The van der Waals surface area contributed by atoms with Gasteiger partial charge >= 0.3 is 0 Å². The maximum Gasteiger partial charge on any atom is 0.0948 e. The number of imidazole rings is 1. The van der Waals surface area contributed by atoms with E-state index in [4.69, 9.17) is 0 Å². The molecule has 0 aromatic carbocycles. The third-order valence-electron chi connectivity index (χ3n) is 4.05. The summed E-state index contributed by atoms with van der Waals surface area (Å²) in [6.45, 7) is 12.3. The number of hydrogen-bond donors (Lipinski definition) is 1. The largest absolute Gasteiger partial charge is 0.334 e. The molecule has 0 spiro atoms. The first-order chi connectivity index (χ1) is 9.19. The smallest absolute Gasteiger partial charge is 0.0948 e. The summed E-state index contributed by atoms with van der Waals surface area (Å²) in [5.74, 6) is 0.856. The fourth-order valence-corrected chi connectivity index (χ4v) is 2.74. The van der Waals surface area contributed by atoms with Crippen LogP contribution in [0.1, 0.15) is 39.3 Å². The Balaban J connectivity index is 1.74. The summed E-state index contributed by atoms with van der Waals surface area (Å²) < 4.78 is 2.24. The average molecular weight is 264 g/mol. The van der Waals surface area contributed by atoms with Gasteiger partial charge in [0.05, 0.1) is 12.0 Å². The van der Waals surface area contributed by atoms with Crippen LogP contribution in [-0.4, -0.2) is 40.1 Å². The van der Waals surface area contributed by atoms with Crippen molar-refractivity contribution in [1.29, 1.82) is 0 Å². The second-order valence-corrected chi connectivity index (χ2v) is 5.95. The lowest BCUT2D eigenvalue weighted by atomic mass is 9.96. The van der Waals surface area contributed by atoms with Crippen molar-refractivity contribution in [3.8, 4) is 0 Å². The molecule has 0 aliphatic carbocycles. The topological polar surface area (TPSA) is 33.1 Å². The van der Waals surface area contributed by atoms with Crippen molar-refractivity contribution in [3.05, 3.63) is 18.2 Å². The maximum absolute atomic E-state index is 4.25. The van der Waals surface area contributed by atoms with Crippen LogP contribution in [0.3, 0.4) is 0 Å². The van der Waals surface area contributed by atoms with Crippen molar-refractivity contribution in [2.75, 3.05) is 19.6 Å². The zero-order chi connectivity index (χ0) is 13.7. The van der Waals surface area contributed by atoms with Crippen molar-refractivity contribution < 1.29 is 0 Å². The van der Waals surface area contributed by atoms with Gasteiger partial charge in [-0.25, -0.2) is 4.98 Å². The van der Waals surface area contributed by atoms with Gasteiger partial charge in [-0.3, -0.25) is 4.90 Å². The predicted octanol–water partition coefficient (Wildman–Crippen LogP) is 2.11. The Morgan fingerprint density at radius 2 is 2.11 bits per heavy atom. The Morgan fingerprint density at radius 1 is 1.37 bits per heavy atom. The summed E-state index contributed by atoms with van der Waals surface area (Å²) in [4.78, 5) is 6.81. The van der Waals surface area contributed by atoms with Gasteiger partial charge in [0.1, 0.15) is 0 Å². The van der Waals surface area contributed by atoms with Gasteiger partial charge in [0, 0.05) is 25.3 Å². The molecule has 0 unspecified atom stereocenters. The highest BCUT2D eigenvalue weighted by Gasteiger charge is 2.19. The lowest BCUT2D eigenvalue weighted by Crippen LogP contribution is -2.38. The van der Waals surface area contributed by atoms with E-state index in [2.05, 4.69) is 40.5 Å². The van der Waals surface area contributed by atoms with Crippen LogP contribution in [-0.2, 0) is 13.1 Å². The molecule has 4 heteroatoms. The molecule has 0 amide bonds. The molecule has 108 valence electrons. The van der Waals surface area contributed by atoms with E-state index in [-0.39, 0.29) is 0 Å². The maximum atomic E-state index is 4.25. The molecule has 1 aliphatic rings. The number of rotatable bonds is 6. The SMILES string of the molecule is CCn1cncc1CN1CCC(CNC(C)C)CC1. The molecular formula is C15H28N4. The Morgan fingerprint density at radius 3 is 2.74 bits per heavy atom. The van der Waals surface area contributed by atoms with Gasteiger partial charge in [0.2, 0.25) is 0 Å². The van der Waals surface area contributed by atoms with E-state index in [0.717, 1.165) is 19.0 Å². The minimum atomic E-state index is 0.608. The third-order valence-corrected chi connectivity index (χ3v) is 4.05. The van der Waals surface area contributed by atoms with Crippen molar-refractivity contribution in [1.82, 2.24) is 19.8 Å². The number of aromatic nitrogens is 2. The normalized spacial score (nSPS) is 18.3. The first-order valence-corrected chi connectivity index (χ1v) is 7.63. The first kappa shape index (κ1) is 14.5. The molecule has 2 heterocycles. The highest BCUT2D eigenvalue weighted by atomic mass is 15.2. The predicted molar refractivity (Wildman–Crippen MR) is 79.0 cm³/mol. The quantitative estimate of drug-likeness (QED) is 0.854. The molecule has 1 fully saturated rings. The second kappa shape index (κ2) is 7.06. The van der Waals surface area contributed by atoms with Gasteiger partial charge in [0.15, 0.2) is 0 Å². The Labute approximate surface area is 117 Å². The van der Waals surface area contributed by atoms with Gasteiger partial charge in [-0.1, -0.05) is 13.8 Å². The van der Waals surface area contributed by atoms with Gasteiger partial charge in [-0.15, -0.1) is 0 Å². The van der Waals surface area contributed by atoms with Crippen molar-refractivity contribution in [2.24, 2.45) is 5.92 Å². The van der Waals surface area contributed by atoms with Crippen molar-refractivity contribution >= 4 is 0 Å². The van der Waals surface area contributed by atoms with Crippen LogP contribution < -0.4 is 5.32 Å². The molecule has 0 radical (unpaired) electrons. The second-order valence-electron chi connectivity index (χ2n) is 5.95. The Kier molecular flexibility index (Phi) is 5.40. The number of aryl methyl sites for hydroxylation is 1. The Bertz CT molecular complexity index is 364. The summed E-state index contributed by atoms with van der Waals surface area (Å²) in [7, 11) is 0. The summed E-state index contributed by atoms with van der Waals surface area (Å²) in [5.41, 5.74) is 1.35. The van der Waals surface area contributed by atoms with Gasteiger partial charge in [-0.05, 0) is 45.3 Å². The van der Waals surface area contributed by atoms with E-state index in [1.54, 1.807) is 0 Å². The molecule has 0 atom stereocenters. The molecule has 1 N–H and O–H groups in total. The number of piperidine rings is 1. The minimum Gasteiger partial charge on any atom is -0.334 e. The summed E-state index contributed by atoms with van der Waals surface area (Å²) in [5, 5.41) is 3.56. The van der Waals surface area contributed by atoms with Gasteiger partial charge in [-0.2, -0.15) is 0 Å². The van der Waals surface area contributed by atoms with E-state index in [0.29, 0.717) is 6.04 Å². The molecule has 1 aromatic heterocycles. The molecule has 0 saturated carbocycles. The summed E-state index contributed by atoms with van der Waals surface area (Å²) in [6.07, 6.45) is 6.59. The molecule has 4 nitrogen and oxygen atoms in total. The Hall–Kier alpha value is -0.870. The lowest BCUT2D eigenvalue weighted by Gasteiger charge is -2.32. The first-order valence-electron chi connectivity index (χ1n) is 7.63. The molecular weight excluding hydrogens is 236 g/mol. The van der Waals surface area contributed by atoms with Gasteiger partial charge < -0.3 is 9.88 Å². The van der Waals surface area contributed by atoms with E-state index < -0.39 is 0 Å². The molecule has 19 heavy (non-hydrogen) atoms. The van der Waals surface area contributed by atoms with E-state index in [1.807, 2.05) is 12.5 Å². The number of nitrogens with one attached hydrogen (secondary N) is 1. The molecule has 1 saturated heterocycles.